The summed E-state index contributed by atoms with van der Waals surface area (Å²) in [5, 5.41) is 0. The zero-order chi connectivity index (χ0) is 14.5. The van der Waals surface area contributed by atoms with E-state index in [0.29, 0.717) is 23.3 Å². The van der Waals surface area contributed by atoms with Crippen molar-refractivity contribution in [3.63, 3.8) is 0 Å². The summed E-state index contributed by atoms with van der Waals surface area (Å²) in [6.07, 6.45) is 0.487. The van der Waals surface area contributed by atoms with E-state index >= 15 is 0 Å². The molecule has 0 radical (unpaired) electrons. The van der Waals surface area contributed by atoms with E-state index in [0.717, 1.165) is 0 Å². The van der Waals surface area contributed by atoms with E-state index in [1.54, 1.807) is 10.6 Å². The summed E-state index contributed by atoms with van der Waals surface area (Å²) < 4.78 is 38.9. The van der Waals surface area contributed by atoms with Crippen LogP contribution >= 0.6 is 11.6 Å². The van der Waals surface area contributed by atoms with Gasteiger partial charge in [-0.2, -0.15) is 0 Å². The molecule has 0 N–H and O–H groups in total. The molecule has 0 saturated carbocycles. The minimum Gasteiger partial charge on any atom is -0.320 e. The normalized spacial score (nSPS) is 25.4. The number of halogens is 2. The summed E-state index contributed by atoms with van der Waals surface area (Å²) >= 11 is 5.93. The molecule has 1 atom stereocenters. The molecule has 1 fully saturated rings. The molecular weight excluding hydrogens is 303 g/mol. The summed E-state index contributed by atoms with van der Waals surface area (Å²) in [5.74, 6) is 0.536. The molecule has 0 spiro atoms. The topological polar surface area (TPSA) is 52.0 Å². The van der Waals surface area contributed by atoms with Crippen LogP contribution in [0.4, 0.5) is 4.39 Å². The van der Waals surface area contributed by atoms with Crippen LogP contribution in [0.25, 0.3) is 11.0 Å². The minimum absolute atomic E-state index is 0.0336. The first-order valence-electron chi connectivity index (χ1n) is 6.28. The highest BCUT2D eigenvalue weighted by Crippen LogP contribution is 2.35. The Morgan fingerprint density at radius 3 is 2.85 bits per heavy atom. The predicted octanol–water partition coefficient (Wildman–Crippen LogP) is 2.45. The van der Waals surface area contributed by atoms with Crippen LogP contribution in [0.2, 0.25) is 0 Å². The standard InChI is InChI=1S/C13H14ClFN2O2S/c1-13(4-5-20(18,19)8-13)17-11-6-9(15)2-3-10(11)16-12(17)7-14/h2-3,6H,4-5,7-8H2,1H3. The van der Waals surface area contributed by atoms with Gasteiger partial charge in [-0.3, -0.25) is 0 Å². The van der Waals surface area contributed by atoms with Crippen LogP contribution in [-0.2, 0) is 21.3 Å². The second kappa shape index (κ2) is 4.43. The van der Waals surface area contributed by atoms with Gasteiger partial charge in [-0.15, -0.1) is 11.6 Å². The average Bonchev–Trinajstić information content (AvgIpc) is 2.87. The van der Waals surface area contributed by atoms with Gasteiger partial charge < -0.3 is 4.57 Å². The molecule has 3 rings (SSSR count). The van der Waals surface area contributed by atoms with E-state index in [1.807, 2.05) is 6.92 Å². The van der Waals surface area contributed by atoms with Crippen LogP contribution in [0.3, 0.4) is 0 Å². The van der Waals surface area contributed by atoms with Crippen molar-refractivity contribution in [2.75, 3.05) is 11.5 Å². The molecule has 108 valence electrons. The summed E-state index contributed by atoms with van der Waals surface area (Å²) in [6, 6.07) is 4.31. The Hall–Kier alpha value is -1.14. The molecule has 2 heterocycles. The number of hydrogen-bond donors (Lipinski definition) is 0. The van der Waals surface area contributed by atoms with Gasteiger partial charge in [0.05, 0.1) is 34.0 Å². The van der Waals surface area contributed by atoms with E-state index in [-0.39, 0.29) is 23.2 Å². The fourth-order valence-electron chi connectivity index (χ4n) is 2.96. The number of benzene rings is 1. The van der Waals surface area contributed by atoms with E-state index in [1.165, 1.54) is 12.1 Å². The molecule has 0 amide bonds. The van der Waals surface area contributed by atoms with Crippen molar-refractivity contribution in [3.8, 4) is 0 Å². The van der Waals surface area contributed by atoms with Gasteiger partial charge in [0.15, 0.2) is 9.84 Å². The van der Waals surface area contributed by atoms with Gasteiger partial charge in [0.2, 0.25) is 0 Å². The van der Waals surface area contributed by atoms with Crippen molar-refractivity contribution in [1.82, 2.24) is 9.55 Å². The SMILES string of the molecule is CC1(n2c(CCl)nc3ccc(F)cc32)CCS(=O)(=O)C1. The molecule has 20 heavy (non-hydrogen) atoms. The van der Waals surface area contributed by atoms with Crippen molar-refractivity contribution < 1.29 is 12.8 Å². The maximum Gasteiger partial charge on any atom is 0.152 e. The average molecular weight is 317 g/mol. The van der Waals surface area contributed by atoms with Gasteiger partial charge in [0.1, 0.15) is 11.6 Å². The predicted molar refractivity (Wildman–Crippen MR) is 76.2 cm³/mol. The maximum atomic E-state index is 13.5. The highest BCUT2D eigenvalue weighted by molar-refractivity contribution is 7.91. The Morgan fingerprint density at radius 2 is 2.25 bits per heavy atom. The Bertz CT molecular complexity index is 787. The van der Waals surface area contributed by atoms with E-state index < -0.39 is 15.4 Å². The second-order valence-corrected chi connectivity index (χ2v) is 7.92. The number of imidazole rings is 1. The Kier molecular flexibility index (Phi) is 3.06. The van der Waals surface area contributed by atoms with Crippen LogP contribution in [0.5, 0.6) is 0 Å². The summed E-state index contributed by atoms with van der Waals surface area (Å²) in [4.78, 5) is 4.38. The minimum atomic E-state index is -3.07. The van der Waals surface area contributed by atoms with Crippen LogP contribution in [0.1, 0.15) is 19.2 Å². The van der Waals surface area contributed by atoms with Crippen molar-refractivity contribution in [3.05, 3.63) is 29.8 Å². The highest BCUT2D eigenvalue weighted by Gasteiger charge is 2.41. The van der Waals surface area contributed by atoms with Gasteiger partial charge in [0, 0.05) is 0 Å². The molecule has 0 bridgehead atoms. The number of aromatic nitrogens is 2. The third-order valence-corrected chi connectivity index (χ3v) is 5.95. The largest absolute Gasteiger partial charge is 0.320 e. The van der Waals surface area contributed by atoms with E-state index in [9.17, 15) is 12.8 Å². The Balaban J connectivity index is 2.27. The lowest BCUT2D eigenvalue weighted by Gasteiger charge is -2.27. The van der Waals surface area contributed by atoms with Crippen LogP contribution in [0.15, 0.2) is 18.2 Å². The molecule has 2 aromatic rings. The Labute approximate surface area is 121 Å². The lowest BCUT2D eigenvalue weighted by molar-refractivity contribution is 0.367. The molecule has 1 unspecified atom stereocenters. The summed E-state index contributed by atoms with van der Waals surface area (Å²) in [5.41, 5.74) is 0.610. The number of sulfone groups is 1. The maximum absolute atomic E-state index is 13.5. The first-order chi connectivity index (χ1) is 9.35. The highest BCUT2D eigenvalue weighted by atomic mass is 35.5. The molecule has 7 heteroatoms. The molecule has 1 aromatic heterocycles. The molecule has 1 saturated heterocycles. The monoisotopic (exact) mass is 316 g/mol. The zero-order valence-electron chi connectivity index (χ0n) is 10.9. The summed E-state index contributed by atoms with van der Waals surface area (Å²) in [7, 11) is -3.07. The number of nitrogens with zero attached hydrogens (tertiary/aromatic N) is 2. The fourth-order valence-corrected chi connectivity index (χ4v) is 5.26. The van der Waals surface area contributed by atoms with Gasteiger partial charge in [-0.25, -0.2) is 17.8 Å². The first-order valence-corrected chi connectivity index (χ1v) is 8.64. The molecule has 1 aliphatic heterocycles. The lowest BCUT2D eigenvalue weighted by atomic mass is 10.0. The quantitative estimate of drug-likeness (QED) is 0.800. The van der Waals surface area contributed by atoms with Crippen molar-refractivity contribution in [2.24, 2.45) is 0 Å². The van der Waals surface area contributed by atoms with Crippen molar-refractivity contribution >= 4 is 32.5 Å². The molecular formula is C13H14ClFN2O2S. The number of hydrogen-bond acceptors (Lipinski definition) is 3. The van der Waals surface area contributed by atoms with E-state index in [2.05, 4.69) is 4.98 Å². The lowest BCUT2D eigenvalue weighted by Crippen LogP contribution is -2.32. The molecule has 1 aliphatic rings. The smallest absolute Gasteiger partial charge is 0.152 e. The van der Waals surface area contributed by atoms with Gasteiger partial charge >= 0.3 is 0 Å². The number of rotatable bonds is 2. The van der Waals surface area contributed by atoms with Crippen LogP contribution in [0, 0.1) is 5.82 Å². The molecule has 0 aliphatic carbocycles. The fraction of sp³-hybridized carbons (Fsp3) is 0.462. The van der Waals surface area contributed by atoms with Gasteiger partial charge in [-0.1, -0.05) is 0 Å². The number of fused-ring (bicyclic) bond motifs is 1. The third-order valence-electron chi connectivity index (χ3n) is 3.83. The van der Waals surface area contributed by atoms with Crippen molar-refractivity contribution in [1.29, 1.82) is 0 Å². The van der Waals surface area contributed by atoms with Gasteiger partial charge in [-0.05, 0) is 31.5 Å². The van der Waals surface area contributed by atoms with Crippen molar-refractivity contribution in [2.45, 2.75) is 24.8 Å². The molecule has 4 nitrogen and oxygen atoms in total. The zero-order valence-corrected chi connectivity index (χ0v) is 12.5. The first kappa shape index (κ1) is 13.8. The van der Waals surface area contributed by atoms with Crippen LogP contribution < -0.4 is 0 Å². The Morgan fingerprint density at radius 1 is 1.50 bits per heavy atom. The van der Waals surface area contributed by atoms with E-state index in [4.69, 9.17) is 11.6 Å². The van der Waals surface area contributed by atoms with Gasteiger partial charge in [0.25, 0.3) is 0 Å². The second-order valence-electron chi connectivity index (χ2n) is 5.47. The van der Waals surface area contributed by atoms with Crippen LogP contribution in [-0.4, -0.2) is 29.5 Å². The third kappa shape index (κ3) is 2.11. The summed E-state index contributed by atoms with van der Waals surface area (Å²) in [6.45, 7) is 1.86. The number of alkyl halides is 1. The molecule has 1 aromatic carbocycles.